The Kier molecular flexibility index (Phi) is 5.16. The fourth-order valence-electron chi connectivity index (χ4n) is 2.68. The highest BCUT2D eigenvalue weighted by Crippen LogP contribution is 2.18. The van der Waals surface area contributed by atoms with Gasteiger partial charge in [0.1, 0.15) is 12.2 Å². The molecule has 1 aliphatic heterocycles. The Morgan fingerprint density at radius 1 is 1.21 bits per heavy atom. The zero-order chi connectivity index (χ0) is 20.3. The van der Waals surface area contributed by atoms with Gasteiger partial charge in [0, 0.05) is 17.8 Å². The van der Waals surface area contributed by atoms with Gasteiger partial charge in [-0.05, 0) is 36.3 Å². The van der Waals surface area contributed by atoms with Gasteiger partial charge < -0.3 is 10.6 Å². The zero-order valence-corrected chi connectivity index (χ0v) is 14.8. The van der Waals surface area contributed by atoms with Gasteiger partial charge in [-0.2, -0.15) is 0 Å². The lowest BCUT2D eigenvalue weighted by Gasteiger charge is -2.12. The highest BCUT2D eigenvalue weighted by Gasteiger charge is 2.35. The van der Waals surface area contributed by atoms with Crippen LogP contribution in [0.25, 0.3) is 6.08 Å². The largest absolute Gasteiger partial charge is 0.329 e. The number of nitrogens with zero attached hydrogens (tertiary/aromatic N) is 2. The monoisotopic (exact) mass is 380 g/mol. The Balaban J connectivity index is 1.72. The first-order valence-electron chi connectivity index (χ1n) is 8.29. The molecule has 0 aromatic heterocycles. The van der Waals surface area contributed by atoms with Crippen LogP contribution in [0.3, 0.4) is 0 Å². The van der Waals surface area contributed by atoms with Crippen molar-refractivity contribution < 1.29 is 19.3 Å². The topological polar surface area (TPSA) is 122 Å². The summed E-state index contributed by atoms with van der Waals surface area (Å²) in [4.78, 5) is 47.7. The summed E-state index contributed by atoms with van der Waals surface area (Å²) in [7, 11) is 0. The number of nitro benzene ring substituents is 1. The molecule has 0 saturated carbocycles. The normalized spacial score (nSPS) is 14.9. The summed E-state index contributed by atoms with van der Waals surface area (Å²) in [6, 6.07) is 12.0. The Morgan fingerprint density at radius 3 is 2.68 bits per heavy atom. The van der Waals surface area contributed by atoms with E-state index in [-0.39, 0.29) is 11.4 Å². The minimum atomic E-state index is -0.735. The number of nitrogens with one attached hydrogen (secondary N) is 2. The summed E-state index contributed by atoms with van der Waals surface area (Å²) in [6.07, 6.45) is 1.33. The van der Waals surface area contributed by atoms with Crippen LogP contribution in [0.2, 0.25) is 0 Å². The molecule has 0 radical (unpaired) electrons. The van der Waals surface area contributed by atoms with Crippen LogP contribution in [0, 0.1) is 17.0 Å². The minimum absolute atomic E-state index is 0.0612. The van der Waals surface area contributed by atoms with Crippen molar-refractivity contribution in [1.82, 2.24) is 10.2 Å². The number of imide groups is 1. The van der Waals surface area contributed by atoms with Gasteiger partial charge in [0.15, 0.2) is 0 Å². The number of anilines is 1. The van der Waals surface area contributed by atoms with Crippen molar-refractivity contribution >= 4 is 35.3 Å². The minimum Gasteiger partial charge on any atom is -0.325 e. The van der Waals surface area contributed by atoms with E-state index in [1.165, 1.54) is 24.3 Å². The molecule has 0 spiro atoms. The molecule has 1 heterocycles. The van der Waals surface area contributed by atoms with Crippen LogP contribution < -0.4 is 10.6 Å². The van der Waals surface area contributed by atoms with Crippen molar-refractivity contribution in [2.24, 2.45) is 0 Å². The average molecular weight is 380 g/mol. The average Bonchev–Trinajstić information content (AvgIpc) is 2.89. The van der Waals surface area contributed by atoms with Crippen molar-refractivity contribution in [3.63, 3.8) is 0 Å². The van der Waals surface area contributed by atoms with Crippen LogP contribution in [0.5, 0.6) is 0 Å². The molecule has 9 heteroatoms. The van der Waals surface area contributed by atoms with Crippen molar-refractivity contribution in [3.05, 3.63) is 75.5 Å². The Hall–Kier alpha value is -4.01. The highest BCUT2D eigenvalue weighted by atomic mass is 16.6. The number of hydrogen-bond acceptors (Lipinski definition) is 5. The lowest BCUT2D eigenvalue weighted by Crippen LogP contribution is -2.38. The lowest BCUT2D eigenvalue weighted by atomic mass is 10.1. The number of amides is 4. The van der Waals surface area contributed by atoms with E-state index in [1.807, 2.05) is 13.0 Å². The third-order valence-corrected chi connectivity index (χ3v) is 3.96. The molecule has 0 unspecified atom stereocenters. The van der Waals surface area contributed by atoms with E-state index in [4.69, 9.17) is 0 Å². The first-order valence-corrected chi connectivity index (χ1v) is 8.29. The molecule has 2 aromatic carbocycles. The van der Waals surface area contributed by atoms with E-state index in [1.54, 1.807) is 24.3 Å². The molecule has 1 aliphatic rings. The van der Waals surface area contributed by atoms with Gasteiger partial charge in [-0.25, -0.2) is 9.69 Å². The molecule has 2 aromatic rings. The number of hydrogen-bond donors (Lipinski definition) is 2. The maximum atomic E-state index is 12.4. The van der Waals surface area contributed by atoms with E-state index in [9.17, 15) is 24.5 Å². The van der Waals surface area contributed by atoms with Gasteiger partial charge in [0.25, 0.3) is 11.6 Å². The van der Waals surface area contributed by atoms with Gasteiger partial charge in [-0.1, -0.05) is 24.3 Å². The number of carbonyl (C=O) groups excluding carboxylic acids is 3. The molecule has 1 saturated heterocycles. The van der Waals surface area contributed by atoms with Gasteiger partial charge in [0.05, 0.1) is 4.92 Å². The second kappa shape index (κ2) is 7.70. The third-order valence-electron chi connectivity index (χ3n) is 3.96. The summed E-state index contributed by atoms with van der Waals surface area (Å²) < 4.78 is 0. The maximum Gasteiger partial charge on any atom is 0.329 e. The quantitative estimate of drug-likeness (QED) is 0.357. The van der Waals surface area contributed by atoms with Crippen LogP contribution in [0.1, 0.15) is 11.1 Å². The van der Waals surface area contributed by atoms with Gasteiger partial charge in [-0.3, -0.25) is 19.7 Å². The SMILES string of the molecule is Cc1cccc(NC(=O)CN2C(=O)N/C(=C/c3cccc([N+](=O)[O-])c3)C2=O)c1. The fraction of sp³-hybridized carbons (Fsp3) is 0.105. The number of aryl methyl sites for hydroxylation is 1. The molecule has 142 valence electrons. The van der Waals surface area contributed by atoms with Crippen molar-refractivity contribution in [2.75, 3.05) is 11.9 Å². The number of urea groups is 1. The molecule has 0 atom stereocenters. The molecule has 0 bridgehead atoms. The van der Waals surface area contributed by atoms with E-state index in [2.05, 4.69) is 10.6 Å². The summed E-state index contributed by atoms with van der Waals surface area (Å²) in [6.45, 7) is 1.42. The van der Waals surface area contributed by atoms with E-state index in [0.717, 1.165) is 10.5 Å². The number of nitro groups is 1. The number of carbonyl (C=O) groups is 3. The van der Waals surface area contributed by atoms with Crippen LogP contribution >= 0.6 is 0 Å². The Bertz CT molecular complexity index is 1010. The van der Waals surface area contributed by atoms with Crippen LogP contribution in [-0.4, -0.2) is 34.2 Å². The fourth-order valence-corrected chi connectivity index (χ4v) is 2.68. The van der Waals surface area contributed by atoms with E-state index < -0.39 is 29.3 Å². The number of rotatable bonds is 5. The van der Waals surface area contributed by atoms with Crippen molar-refractivity contribution in [3.8, 4) is 0 Å². The number of non-ortho nitro benzene ring substituents is 1. The molecule has 2 N–H and O–H groups in total. The highest BCUT2D eigenvalue weighted by molar-refractivity contribution is 6.15. The first kappa shape index (κ1) is 18.8. The predicted octanol–water partition coefficient (Wildman–Crippen LogP) is 2.43. The smallest absolute Gasteiger partial charge is 0.325 e. The van der Waals surface area contributed by atoms with Crippen LogP contribution in [0.15, 0.2) is 54.2 Å². The second-order valence-corrected chi connectivity index (χ2v) is 6.15. The molecule has 4 amide bonds. The molecule has 3 rings (SSSR count). The third kappa shape index (κ3) is 4.21. The summed E-state index contributed by atoms with van der Waals surface area (Å²) in [5.74, 6) is -1.21. The second-order valence-electron chi connectivity index (χ2n) is 6.15. The molecular weight excluding hydrogens is 364 g/mol. The standard InChI is InChI=1S/C19H16N4O5/c1-12-4-2-6-14(8-12)20-17(24)11-22-18(25)16(21-19(22)26)10-13-5-3-7-15(9-13)23(27)28/h2-10H,11H2,1H3,(H,20,24)(H,21,26)/b16-10+. The molecule has 0 aliphatic carbocycles. The Morgan fingerprint density at radius 2 is 1.96 bits per heavy atom. The zero-order valence-electron chi connectivity index (χ0n) is 14.8. The van der Waals surface area contributed by atoms with Crippen molar-refractivity contribution in [2.45, 2.75) is 6.92 Å². The Labute approximate surface area is 159 Å². The number of benzene rings is 2. The maximum absolute atomic E-state index is 12.4. The predicted molar refractivity (Wildman–Crippen MR) is 101 cm³/mol. The van der Waals surface area contributed by atoms with Gasteiger partial charge in [-0.15, -0.1) is 0 Å². The molecular formula is C19H16N4O5. The summed E-state index contributed by atoms with van der Waals surface area (Å²) >= 11 is 0. The lowest BCUT2D eigenvalue weighted by molar-refractivity contribution is -0.384. The van der Waals surface area contributed by atoms with Crippen LogP contribution in [0.4, 0.5) is 16.2 Å². The van der Waals surface area contributed by atoms with Crippen molar-refractivity contribution in [1.29, 1.82) is 0 Å². The molecule has 28 heavy (non-hydrogen) atoms. The summed E-state index contributed by atoms with van der Waals surface area (Å²) in [5.41, 5.74) is 1.69. The first-order chi connectivity index (χ1) is 13.3. The van der Waals surface area contributed by atoms with Gasteiger partial charge >= 0.3 is 6.03 Å². The molecule has 9 nitrogen and oxygen atoms in total. The molecule has 1 fully saturated rings. The van der Waals surface area contributed by atoms with Crippen LogP contribution in [-0.2, 0) is 9.59 Å². The summed E-state index contributed by atoms with van der Waals surface area (Å²) in [5, 5.41) is 15.9. The van der Waals surface area contributed by atoms with Gasteiger partial charge in [0.2, 0.25) is 5.91 Å². The van der Waals surface area contributed by atoms with E-state index >= 15 is 0 Å². The van der Waals surface area contributed by atoms with E-state index in [0.29, 0.717) is 11.3 Å².